The number of carbonyl (C=O) groups excluding carboxylic acids is 1. The van der Waals surface area contributed by atoms with E-state index in [1.807, 2.05) is 0 Å². The van der Waals surface area contributed by atoms with E-state index in [-0.39, 0.29) is 12.6 Å². The van der Waals surface area contributed by atoms with Crippen LogP contribution < -0.4 is 5.32 Å². The van der Waals surface area contributed by atoms with Gasteiger partial charge in [-0.1, -0.05) is 0 Å². The summed E-state index contributed by atoms with van der Waals surface area (Å²) < 4.78 is 47.2. The van der Waals surface area contributed by atoms with Crippen LogP contribution in [0.4, 0.5) is 18.0 Å². The number of hydrogen-bond donors (Lipinski definition) is 1. The van der Waals surface area contributed by atoms with E-state index in [2.05, 4.69) is 10.3 Å². The molecule has 1 aliphatic heterocycles. The molecule has 0 aliphatic carbocycles. The molecule has 2 rings (SSSR count). The molecule has 116 valence electrons. The van der Waals surface area contributed by atoms with Crippen molar-refractivity contribution in [2.24, 2.45) is 0 Å². The van der Waals surface area contributed by atoms with E-state index in [1.54, 1.807) is 0 Å². The van der Waals surface area contributed by atoms with Gasteiger partial charge in [-0.15, -0.1) is 0 Å². The highest BCUT2D eigenvalue weighted by Gasteiger charge is 2.30. The van der Waals surface area contributed by atoms with Crippen LogP contribution in [0.5, 0.6) is 0 Å². The molecule has 1 atom stereocenters. The van der Waals surface area contributed by atoms with Crippen LogP contribution in [-0.4, -0.2) is 36.9 Å². The number of alkyl carbamates (subject to hydrolysis) is 1. The van der Waals surface area contributed by atoms with Crippen LogP contribution in [0.15, 0.2) is 18.3 Å². The van der Waals surface area contributed by atoms with E-state index < -0.39 is 17.8 Å². The van der Waals surface area contributed by atoms with Gasteiger partial charge in [-0.05, 0) is 12.1 Å². The number of rotatable bonds is 4. The summed E-state index contributed by atoms with van der Waals surface area (Å²) in [6.45, 7) is 1.21. The Morgan fingerprint density at radius 1 is 1.48 bits per heavy atom. The van der Waals surface area contributed by atoms with Crippen LogP contribution in [0.2, 0.25) is 0 Å². The standard InChI is InChI=1S/C13H15F3N2O3/c14-13(15,16)9-1-2-10(18-7-9)3-5-17-12(19)21-11-4-6-20-8-11/h1-2,7,11H,3-6,8H2,(H,17,19). The number of alkyl halides is 3. The molecule has 1 aromatic heterocycles. The zero-order chi connectivity index (χ0) is 15.3. The summed E-state index contributed by atoms with van der Waals surface area (Å²) >= 11 is 0. The van der Waals surface area contributed by atoms with Gasteiger partial charge >= 0.3 is 12.3 Å². The molecule has 1 fully saturated rings. The number of carbonyl (C=O) groups is 1. The topological polar surface area (TPSA) is 60.5 Å². The Hall–Kier alpha value is -1.83. The molecule has 1 N–H and O–H groups in total. The first-order chi connectivity index (χ1) is 9.95. The largest absolute Gasteiger partial charge is 0.444 e. The second kappa shape index (κ2) is 6.75. The van der Waals surface area contributed by atoms with Gasteiger partial charge in [0.05, 0.1) is 18.8 Å². The third kappa shape index (κ3) is 4.89. The van der Waals surface area contributed by atoms with Crippen LogP contribution in [0.3, 0.4) is 0 Å². The summed E-state index contributed by atoms with van der Waals surface area (Å²) in [5, 5.41) is 2.52. The predicted molar refractivity (Wildman–Crippen MR) is 66.7 cm³/mol. The molecule has 0 radical (unpaired) electrons. The molecule has 0 bridgehead atoms. The van der Waals surface area contributed by atoms with Crippen LogP contribution in [0.1, 0.15) is 17.7 Å². The SMILES string of the molecule is O=C(NCCc1ccc(C(F)(F)F)cn1)OC1CCOC1. The summed E-state index contributed by atoms with van der Waals surface area (Å²) in [5.41, 5.74) is -0.327. The number of pyridine rings is 1. The van der Waals surface area contributed by atoms with Crippen molar-refractivity contribution in [2.75, 3.05) is 19.8 Å². The van der Waals surface area contributed by atoms with Gasteiger partial charge in [0.2, 0.25) is 0 Å². The van der Waals surface area contributed by atoms with Crippen LogP contribution in [0, 0.1) is 0 Å². The molecule has 0 spiro atoms. The number of nitrogens with one attached hydrogen (secondary N) is 1. The number of amides is 1. The Balaban J connectivity index is 1.71. The Bertz CT molecular complexity index is 471. The summed E-state index contributed by atoms with van der Waals surface area (Å²) in [6.07, 6.45) is -3.39. The van der Waals surface area contributed by atoms with E-state index >= 15 is 0 Å². The minimum atomic E-state index is -4.39. The van der Waals surface area contributed by atoms with Crippen molar-refractivity contribution < 1.29 is 27.4 Å². The average molecular weight is 304 g/mol. The third-order valence-electron chi connectivity index (χ3n) is 2.96. The highest BCUT2D eigenvalue weighted by molar-refractivity contribution is 5.67. The summed E-state index contributed by atoms with van der Waals surface area (Å²) in [7, 11) is 0. The van der Waals surface area contributed by atoms with Crippen LogP contribution >= 0.6 is 0 Å². The fourth-order valence-corrected chi connectivity index (χ4v) is 1.83. The lowest BCUT2D eigenvalue weighted by atomic mass is 10.2. The highest BCUT2D eigenvalue weighted by Crippen LogP contribution is 2.28. The van der Waals surface area contributed by atoms with E-state index in [4.69, 9.17) is 9.47 Å². The molecule has 5 nitrogen and oxygen atoms in total. The Kier molecular flexibility index (Phi) is 5.00. The number of hydrogen-bond acceptors (Lipinski definition) is 4. The minimum Gasteiger partial charge on any atom is -0.444 e. The average Bonchev–Trinajstić information content (AvgIpc) is 2.91. The predicted octanol–water partition coefficient (Wildman–Crippen LogP) is 2.16. The number of nitrogens with zero attached hydrogens (tertiary/aromatic N) is 1. The maximum Gasteiger partial charge on any atom is 0.417 e. The van der Waals surface area contributed by atoms with Crippen molar-refractivity contribution >= 4 is 6.09 Å². The van der Waals surface area contributed by atoms with Gasteiger partial charge in [-0.2, -0.15) is 13.2 Å². The molecule has 1 aliphatic rings. The molecule has 0 aromatic carbocycles. The lowest BCUT2D eigenvalue weighted by molar-refractivity contribution is -0.137. The van der Waals surface area contributed by atoms with Gasteiger partial charge in [0, 0.05) is 31.3 Å². The molecule has 0 saturated carbocycles. The number of halogens is 3. The van der Waals surface area contributed by atoms with Gasteiger partial charge in [-0.3, -0.25) is 4.98 Å². The Labute approximate surface area is 119 Å². The Morgan fingerprint density at radius 3 is 2.86 bits per heavy atom. The van der Waals surface area contributed by atoms with Crippen LogP contribution in [-0.2, 0) is 22.1 Å². The van der Waals surface area contributed by atoms with Crippen molar-refractivity contribution in [3.8, 4) is 0 Å². The summed E-state index contributed by atoms with van der Waals surface area (Å²) in [4.78, 5) is 15.1. The maximum absolute atomic E-state index is 12.3. The van der Waals surface area contributed by atoms with Crippen molar-refractivity contribution in [2.45, 2.75) is 25.1 Å². The normalized spacial score (nSPS) is 18.5. The number of ether oxygens (including phenoxy) is 2. The monoisotopic (exact) mass is 304 g/mol. The quantitative estimate of drug-likeness (QED) is 0.926. The summed E-state index contributed by atoms with van der Waals surface area (Å²) in [6, 6.07) is 2.26. The van der Waals surface area contributed by atoms with E-state index in [1.165, 1.54) is 6.07 Å². The van der Waals surface area contributed by atoms with Gasteiger partial charge in [0.25, 0.3) is 0 Å². The molecule has 1 aromatic rings. The van der Waals surface area contributed by atoms with Crippen molar-refractivity contribution in [1.29, 1.82) is 0 Å². The van der Waals surface area contributed by atoms with Crippen LogP contribution in [0.25, 0.3) is 0 Å². The van der Waals surface area contributed by atoms with Gasteiger partial charge in [0.1, 0.15) is 6.10 Å². The highest BCUT2D eigenvalue weighted by atomic mass is 19.4. The smallest absolute Gasteiger partial charge is 0.417 e. The third-order valence-corrected chi connectivity index (χ3v) is 2.96. The first-order valence-corrected chi connectivity index (χ1v) is 6.49. The lowest BCUT2D eigenvalue weighted by Crippen LogP contribution is -2.30. The number of aromatic nitrogens is 1. The molecule has 2 heterocycles. The van der Waals surface area contributed by atoms with Gasteiger partial charge in [-0.25, -0.2) is 4.79 Å². The fourth-order valence-electron chi connectivity index (χ4n) is 1.83. The summed E-state index contributed by atoms with van der Waals surface area (Å²) in [5.74, 6) is 0. The maximum atomic E-state index is 12.3. The first kappa shape index (κ1) is 15.6. The van der Waals surface area contributed by atoms with Crippen molar-refractivity contribution in [1.82, 2.24) is 10.3 Å². The Morgan fingerprint density at radius 2 is 2.29 bits per heavy atom. The molecular weight excluding hydrogens is 289 g/mol. The molecule has 1 amide bonds. The zero-order valence-electron chi connectivity index (χ0n) is 11.2. The lowest BCUT2D eigenvalue weighted by Gasteiger charge is -2.11. The molecule has 8 heteroatoms. The zero-order valence-corrected chi connectivity index (χ0v) is 11.2. The second-order valence-electron chi connectivity index (χ2n) is 4.60. The van der Waals surface area contributed by atoms with E-state index in [9.17, 15) is 18.0 Å². The molecule has 1 unspecified atom stereocenters. The second-order valence-corrected chi connectivity index (χ2v) is 4.60. The fraction of sp³-hybridized carbons (Fsp3) is 0.538. The van der Waals surface area contributed by atoms with Gasteiger partial charge < -0.3 is 14.8 Å². The molecule has 1 saturated heterocycles. The molecule has 21 heavy (non-hydrogen) atoms. The van der Waals surface area contributed by atoms with Crippen molar-refractivity contribution in [3.63, 3.8) is 0 Å². The van der Waals surface area contributed by atoms with E-state index in [0.717, 1.165) is 12.3 Å². The minimum absolute atomic E-state index is 0.228. The van der Waals surface area contributed by atoms with Crippen molar-refractivity contribution in [3.05, 3.63) is 29.6 Å². The van der Waals surface area contributed by atoms with E-state index in [0.29, 0.717) is 31.7 Å². The first-order valence-electron chi connectivity index (χ1n) is 6.49. The molecular formula is C13H15F3N2O3. The van der Waals surface area contributed by atoms with Gasteiger partial charge in [0.15, 0.2) is 0 Å².